The summed E-state index contributed by atoms with van der Waals surface area (Å²) in [6.45, 7) is 4.19. The van der Waals surface area contributed by atoms with Crippen molar-refractivity contribution < 1.29 is 9.90 Å². The van der Waals surface area contributed by atoms with Crippen LogP contribution in [0.3, 0.4) is 0 Å². The van der Waals surface area contributed by atoms with Gasteiger partial charge in [0, 0.05) is 5.69 Å². The van der Waals surface area contributed by atoms with E-state index in [1.807, 2.05) is 0 Å². The number of hydrogen-bond acceptors (Lipinski definition) is 2. The van der Waals surface area contributed by atoms with Crippen molar-refractivity contribution >= 4 is 5.97 Å². The maximum absolute atomic E-state index is 10.5. The van der Waals surface area contributed by atoms with Crippen LogP contribution in [0.4, 0.5) is 0 Å². The van der Waals surface area contributed by atoms with Crippen LogP contribution in [-0.4, -0.2) is 21.3 Å². The van der Waals surface area contributed by atoms with Gasteiger partial charge in [0.2, 0.25) is 0 Å². The highest BCUT2D eigenvalue weighted by molar-refractivity contribution is 5.69. The monoisotopic (exact) mass is 182 g/mol. The summed E-state index contributed by atoms with van der Waals surface area (Å²) in [6.07, 6.45) is 2.61. The predicted octanol–water partition coefficient (Wildman–Crippen LogP) is 1.24. The highest BCUT2D eigenvalue weighted by Gasteiger charge is 2.09. The first-order valence-corrected chi connectivity index (χ1v) is 4.32. The quantitative estimate of drug-likeness (QED) is 0.736. The van der Waals surface area contributed by atoms with Gasteiger partial charge in [-0.1, -0.05) is 13.8 Å². The van der Waals surface area contributed by atoms with Gasteiger partial charge < -0.3 is 5.11 Å². The molecule has 13 heavy (non-hydrogen) atoms. The Bertz CT molecular complexity index is 292. The molecule has 2 N–H and O–H groups in total. The fourth-order valence-corrected chi connectivity index (χ4v) is 1.26. The number of nitrogens with zero attached hydrogens (tertiary/aromatic N) is 1. The molecule has 1 heterocycles. The summed E-state index contributed by atoms with van der Waals surface area (Å²) >= 11 is 0. The molecule has 1 rings (SSSR count). The van der Waals surface area contributed by atoms with E-state index in [1.165, 1.54) is 0 Å². The molecule has 0 aliphatic carbocycles. The van der Waals surface area contributed by atoms with Crippen molar-refractivity contribution in [3.8, 4) is 0 Å². The molecule has 0 amide bonds. The highest BCUT2D eigenvalue weighted by Crippen LogP contribution is 2.11. The number of carboxylic acids is 1. The molecule has 0 aliphatic rings. The highest BCUT2D eigenvalue weighted by atomic mass is 16.4. The largest absolute Gasteiger partial charge is 0.481 e. The Balaban J connectivity index is 2.71. The first-order chi connectivity index (χ1) is 6.09. The van der Waals surface area contributed by atoms with Gasteiger partial charge in [0.15, 0.2) is 0 Å². The minimum absolute atomic E-state index is 0.0298. The first kappa shape index (κ1) is 9.77. The molecule has 4 heteroatoms. The fourth-order valence-electron chi connectivity index (χ4n) is 1.26. The number of carbonyl (C=O) groups is 1. The Morgan fingerprint density at radius 3 is 2.92 bits per heavy atom. The Morgan fingerprint density at radius 2 is 2.38 bits per heavy atom. The molecule has 0 radical (unpaired) electrons. The average molecular weight is 182 g/mol. The topological polar surface area (TPSA) is 66.0 Å². The SMILES string of the molecule is CC(C)Cc1cn[nH]c1CC(=O)O. The molecule has 4 nitrogen and oxygen atoms in total. The van der Waals surface area contributed by atoms with Crippen molar-refractivity contribution in [2.45, 2.75) is 26.7 Å². The molecule has 0 bridgehead atoms. The number of rotatable bonds is 4. The second kappa shape index (κ2) is 4.07. The van der Waals surface area contributed by atoms with E-state index in [4.69, 9.17) is 5.11 Å². The molecule has 0 fully saturated rings. The van der Waals surface area contributed by atoms with Gasteiger partial charge in [-0.15, -0.1) is 0 Å². The number of nitrogens with one attached hydrogen (secondary N) is 1. The Labute approximate surface area is 77.0 Å². The second-order valence-electron chi connectivity index (χ2n) is 3.54. The molecule has 0 unspecified atom stereocenters. The lowest BCUT2D eigenvalue weighted by molar-refractivity contribution is -0.136. The predicted molar refractivity (Wildman–Crippen MR) is 48.5 cm³/mol. The minimum atomic E-state index is -0.825. The normalized spacial score (nSPS) is 10.7. The molecule has 0 saturated carbocycles. The van der Waals surface area contributed by atoms with Crippen LogP contribution < -0.4 is 0 Å². The van der Waals surface area contributed by atoms with Crippen LogP contribution in [-0.2, 0) is 17.6 Å². The number of H-pyrrole nitrogens is 1. The molecule has 0 spiro atoms. The van der Waals surface area contributed by atoms with Crippen molar-refractivity contribution in [2.24, 2.45) is 5.92 Å². The molecule has 1 aromatic rings. The van der Waals surface area contributed by atoms with Crippen LogP contribution in [0.15, 0.2) is 6.20 Å². The Hall–Kier alpha value is -1.32. The van der Waals surface area contributed by atoms with Crippen LogP contribution >= 0.6 is 0 Å². The standard InChI is InChI=1S/C9H14N2O2/c1-6(2)3-7-5-10-11-8(7)4-9(12)13/h5-6H,3-4H2,1-2H3,(H,10,11)(H,12,13). The lowest BCUT2D eigenvalue weighted by Gasteiger charge is -2.03. The van der Waals surface area contributed by atoms with Crippen LogP contribution in [0.25, 0.3) is 0 Å². The number of hydrogen-bond donors (Lipinski definition) is 2. The Morgan fingerprint density at radius 1 is 1.69 bits per heavy atom. The third-order valence-corrected chi connectivity index (χ3v) is 1.76. The maximum atomic E-state index is 10.5. The van der Waals surface area contributed by atoms with E-state index in [0.717, 1.165) is 17.7 Å². The van der Waals surface area contributed by atoms with Crippen molar-refractivity contribution in [3.63, 3.8) is 0 Å². The van der Waals surface area contributed by atoms with E-state index in [2.05, 4.69) is 24.0 Å². The molecule has 0 aliphatic heterocycles. The molecule has 0 aromatic carbocycles. The van der Waals surface area contributed by atoms with E-state index < -0.39 is 5.97 Å². The lowest BCUT2D eigenvalue weighted by Crippen LogP contribution is -2.04. The number of aromatic nitrogens is 2. The zero-order valence-corrected chi connectivity index (χ0v) is 7.87. The van der Waals surface area contributed by atoms with Crippen LogP contribution in [0, 0.1) is 5.92 Å². The Kier molecular flexibility index (Phi) is 3.06. The van der Waals surface area contributed by atoms with Crippen molar-refractivity contribution in [2.75, 3.05) is 0 Å². The third kappa shape index (κ3) is 2.89. The van der Waals surface area contributed by atoms with Gasteiger partial charge in [0.05, 0.1) is 12.6 Å². The van der Waals surface area contributed by atoms with Gasteiger partial charge in [-0.3, -0.25) is 9.89 Å². The van der Waals surface area contributed by atoms with Gasteiger partial charge in [0.1, 0.15) is 0 Å². The number of aliphatic carboxylic acids is 1. The van der Waals surface area contributed by atoms with Crippen LogP contribution in [0.5, 0.6) is 0 Å². The molecule has 0 atom stereocenters. The molecule has 1 aromatic heterocycles. The third-order valence-electron chi connectivity index (χ3n) is 1.76. The van der Waals surface area contributed by atoms with E-state index in [0.29, 0.717) is 5.92 Å². The summed E-state index contributed by atoms with van der Waals surface area (Å²) in [6, 6.07) is 0. The molecule has 72 valence electrons. The molecular formula is C9H14N2O2. The van der Waals surface area contributed by atoms with E-state index in [1.54, 1.807) is 6.20 Å². The summed E-state index contributed by atoms with van der Waals surface area (Å²) < 4.78 is 0. The van der Waals surface area contributed by atoms with E-state index in [-0.39, 0.29) is 6.42 Å². The summed E-state index contributed by atoms with van der Waals surface area (Å²) in [5, 5.41) is 15.1. The van der Waals surface area contributed by atoms with Gasteiger partial charge in [-0.05, 0) is 17.9 Å². The molecule has 0 saturated heterocycles. The van der Waals surface area contributed by atoms with Crippen molar-refractivity contribution in [1.29, 1.82) is 0 Å². The van der Waals surface area contributed by atoms with Gasteiger partial charge >= 0.3 is 5.97 Å². The summed E-state index contributed by atoms with van der Waals surface area (Å²) in [4.78, 5) is 10.5. The second-order valence-corrected chi connectivity index (χ2v) is 3.54. The van der Waals surface area contributed by atoms with E-state index in [9.17, 15) is 4.79 Å². The smallest absolute Gasteiger partial charge is 0.309 e. The number of carboxylic acid groups (broad SMARTS) is 1. The minimum Gasteiger partial charge on any atom is -0.481 e. The summed E-state index contributed by atoms with van der Waals surface area (Å²) in [5.74, 6) is -0.306. The van der Waals surface area contributed by atoms with Crippen LogP contribution in [0.2, 0.25) is 0 Å². The first-order valence-electron chi connectivity index (χ1n) is 4.32. The summed E-state index contributed by atoms with van der Waals surface area (Å²) in [5.41, 5.74) is 1.73. The zero-order valence-electron chi connectivity index (χ0n) is 7.87. The van der Waals surface area contributed by atoms with Gasteiger partial charge in [-0.25, -0.2) is 0 Å². The van der Waals surface area contributed by atoms with Gasteiger partial charge in [0.25, 0.3) is 0 Å². The number of aromatic amines is 1. The summed E-state index contributed by atoms with van der Waals surface area (Å²) in [7, 11) is 0. The van der Waals surface area contributed by atoms with Crippen LogP contribution in [0.1, 0.15) is 25.1 Å². The fraction of sp³-hybridized carbons (Fsp3) is 0.556. The average Bonchev–Trinajstić information content (AvgIpc) is 2.34. The van der Waals surface area contributed by atoms with Crippen molar-refractivity contribution in [1.82, 2.24) is 10.2 Å². The zero-order chi connectivity index (χ0) is 9.84. The van der Waals surface area contributed by atoms with E-state index >= 15 is 0 Å². The lowest BCUT2D eigenvalue weighted by atomic mass is 10.0. The maximum Gasteiger partial charge on any atom is 0.309 e. The van der Waals surface area contributed by atoms with Crippen molar-refractivity contribution in [3.05, 3.63) is 17.5 Å². The van der Waals surface area contributed by atoms with Gasteiger partial charge in [-0.2, -0.15) is 5.10 Å². The molecular weight excluding hydrogens is 168 g/mol.